The van der Waals surface area contributed by atoms with E-state index in [1.54, 1.807) is 6.20 Å². The number of aliphatic hydroxyl groups excluding tert-OH is 1. The van der Waals surface area contributed by atoms with Gasteiger partial charge in [0.25, 0.3) is 0 Å². The minimum absolute atomic E-state index is 0.0375. The summed E-state index contributed by atoms with van der Waals surface area (Å²) in [6.45, 7) is 1.45. The van der Waals surface area contributed by atoms with Crippen LogP contribution in [0.4, 0.5) is 23.1 Å². The topological polar surface area (TPSA) is 108 Å². The number of aromatic nitrogens is 3. The Morgan fingerprint density at radius 2 is 1.92 bits per heavy atom. The normalized spacial score (nSPS) is 14.8. The summed E-state index contributed by atoms with van der Waals surface area (Å²) in [6, 6.07) is 17.7. The number of nitrogens with one attached hydrogen (secondary N) is 1. The molecule has 0 radical (unpaired) electrons. The Hall–Kier alpha value is -4.24. The predicted octanol–water partition coefficient (Wildman–Crippen LogP) is 4.30. The van der Waals surface area contributed by atoms with Crippen LogP contribution in [0.5, 0.6) is 0 Å². The maximum Gasteiger partial charge on any atom is 0.229 e. The lowest BCUT2D eigenvalue weighted by Crippen LogP contribution is -2.38. The fraction of sp³-hybridized carbons (Fsp3) is 0.286. The number of nitrogens with zero attached hydrogens (tertiary/aromatic N) is 5. The van der Waals surface area contributed by atoms with E-state index < -0.39 is 0 Å². The average molecular weight is 497 g/mol. The molecule has 9 heteroatoms. The number of amides is 1. The molecule has 1 aliphatic carbocycles. The molecular formula is C28H28N6O3. The monoisotopic (exact) mass is 496 g/mol. The van der Waals surface area contributed by atoms with E-state index in [1.807, 2.05) is 64.4 Å². The number of fused-ring (bicyclic) bond motifs is 1. The lowest BCUT2D eigenvalue weighted by molar-refractivity contribution is -0.133. The summed E-state index contributed by atoms with van der Waals surface area (Å²) < 4.78 is 5.38. The van der Waals surface area contributed by atoms with Gasteiger partial charge in [-0.15, -0.1) is 0 Å². The number of anilines is 4. The number of carbonyl (C=O) groups is 1. The molecule has 2 aromatic heterocycles. The largest absolute Gasteiger partial charge is 0.444 e. The average Bonchev–Trinajstić information content (AvgIpc) is 3.65. The van der Waals surface area contributed by atoms with Crippen molar-refractivity contribution in [2.24, 2.45) is 5.92 Å². The van der Waals surface area contributed by atoms with Crippen molar-refractivity contribution in [1.82, 2.24) is 19.9 Å². The molecule has 188 valence electrons. The van der Waals surface area contributed by atoms with E-state index in [1.165, 1.54) is 6.39 Å². The maximum absolute atomic E-state index is 12.9. The second kappa shape index (κ2) is 10.0. The van der Waals surface area contributed by atoms with Crippen LogP contribution in [0.25, 0.3) is 11.3 Å². The van der Waals surface area contributed by atoms with Crippen molar-refractivity contribution < 1.29 is 14.3 Å². The third kappa shape index (κ3) is 4.90. The minimum Gasteiger partial charge on any atom is -0.444 e. The Kier molecular flexibility index (Phi) is 6.28. The second-order valence-electron chi connectivity index (χ2n) is 9.36. The van der Waals surface area contributed by atoms with Gasteiger partial charge in [0.05, 0.1) is 25.0 Å². The summed E-state index contributed by atoms with van der Waals surface area (Å²) in [6.07, 6.45) is 5.70. The van der Waals surface area contributed by atoms with Crippen molar-refractivity contribution >= 4 is 29.0 Å². The zero-order valence-electron chi connectivity index (χ0n) is 20.4. The number of aliphatic hydroxyl groups is 1. The third-order valence-electron chi connectivity index (χ3n) is 6.78. The van der Waals surface area contributed by atoms with Gasteiger partial charge in [0, 0.05) is 47.9 Å². The number of hydrogen-bond acceptors (Lipinski definition) is 8. The molecule has 0 bridgehead atoms. The molecule has 0 spiro atoms. The van der Waals surface area contributed by atoms with E-state index in [2.05, 4.69) is 10.3 Å². The van der Waals surface area contributed by atoms with Crippen LogP contribution in [0.1, 0.15) is 24.1 Å². The van der Waals surface area contributed by atoms with Gasteiger partial charge in [0.15, 0.2) is 12.2 Å². The van der Waals surface area contributed by atoms with Crippen molar-refractivity contribution in [1.29, 1.82) is 0 Å². The zero-order valence-corrected chi connectivity index (χ0v) is 20.4. The lowest BCUT2D eigenvalue weighted by Gasteiger charge is -2.33. The van der Waals surface area contributed by atoms with Crippen LogP contribution < -0.4 is 10.2 Å². The Morgan fingerprint density at radius 3 is 2.62 bits per heavy atom. The van der Waals surface area contributed by atoms with Gasteiger partial charge in [-0.25, -0.2) is 9.97 Å². The predicted molar refractivity (Wildman–Crippen MR) is 140 cm³/mol. The summed E-state index contributed by atoms with van der Waals surface area (Å²) >= 11 is 0. The fourth-order valence-electron chi connectivity index (χ4n) is 4.72. The summed E-state index contributed by atoms with van der Waals surface area (Å²) in [7, 11) is 0. The Morgan fingerprint density at radius 1 is 1.11 bits per heavy atom. The number of rotatable bonds is 8. The fourth-order valence-corrected chi connectivity index (χ4v) is 4.72. The van der Waals surface area contributed by atoms with Crippen LogP contribution in [0.2, 0.25) is 0 Å². The van der Waals surface area contributed by atoms with Crippen LogP contribution in [0.3, 0.4) is 0 Å². The molecule has 3 heterocycles. The van der Waals surface area contributed by atoms with Crippen LogP contribution in [-0.4, -0.2) is 50.6 Å². The van der Waals surface area contributed by atoms with Crippen LogP contribution in [0.15, 0.2) is 71.6 Å². The number of benzene rings is 2. The number of carbonyl (C=O) groups excluding carboxylic acids is 1. The van der Waals surface area contributed by atoms with Gasteiger partial charge >= 0.3 is 0 Å². The highest BCUT2D eigenvalue weighted by atomic mass is 16.3. The molecule has 4 aromatic rings. The Bertz CT molecular complexity index is 1370. The molecule has 1 fully saturated rings. The Balaban J connectivity index is 1.36. The smallest absolute Gasteiger partial charge is 0.229 e. The van der Waals surface area contributed by atoms with Crippen LogP contribution in [0, 0.1) is 5.92 Å². The standard InChI is InChI=1S/C28H28N6O3/c35-15-14-34(22-4-2-1-3-5-22)26-23-17-33(27(36)20-6-7-20)13-12-24(23)31-28(32-26)30-21-10-8-19(9-11-21)25-16-29-18-37-25/h1-5,8-11,16,18,20,35H,6-7,12-15,17H2,(H,30,31,32). The van der Waals surface area contributed by atoms with Gasteiger partial charge in [0.1, 0.15) is 5.82 Å². The van der Waals surface area contributed by atoms with Crippen molar-refractivity contribution in [2.75, 3.05) is 29.9 Å². The minimum atomic E-state index is -0.0375. The first-order valence-electron chi connectivity index (χ1n) is 12.6. The second-order valence-corrected chi connectivity index (χ2v) is 9.36. The van der Waals surface area contributed by atoms with Crippen LogP contribution >= 0.6 is 0 Å². The number of oxazole rings is 1. The van der Waals surface area contributed by atoms with Crippen molar-refractivity contribution in [2.45, 2.75) is 25.8 Å². The molecule has 9 nitrogen and oxygen atoms in total. The van der Waals surface area contributed by atoms with Crippen LogP contribution in [-0.2, 0) is 17.8 Å². The molecule has 2 aliphatic rings. The molecule has 1 aliphatic heterocycles. The highest BCUT2D eigenvalue weighted by Gasteiger charge is 2.36. The molecular weight excluding hydrogens is 468 g/mol. The first-order valence-corrected chi connectivity index (χ1v) is 12.6. The maximum atomic E-state index is 12.9. The molecule has 37 heavy (non-hydrogen) atoms. The molecule has 2 aromatic carbocycles. The number of hydrogen-bond donors (Lipinski definition) is 2. The quantitative estimate of drug-likeness (QED) is 0.372. The van der Waals surface area contributed by atoms with E-state index >= 15 is 0 Å². The molecule has 0 unspecified atom stereocenters. The van der Waals surface area contributed by atoms with Gasteiger partial charge in [-0.3, -0.25) is 4.79 Å². The van der Waals surface area contributed by atoms with Gasteiger partial charge < -0.3 is 24.6 Å². The molecule has 6 rings (SSSR count). The van der Waals surface area contributed by atoms with Crippen molar-refractivity contribution in [3.05, 3.63) is 78.4 Å². The first kappa shape index (κ1) is 23.2. The zero-order chi connectivity index (χ0) is 25.2. The number of para-hydroxylation sites is 1. The molecule has 1 saturated carbocycles. The van der Waals surface area contributed by atoms with E-state index in [0.29, 0.717) is 43.6 Å². The van der Waals surface area contributed by atoms with E-state index in [4.69, 9.17) is 14.4 Å². The van der Waals surface area contributed by atoms with Gasteiger partial charge in [0.2, 0.25) is 11.9 Å². The van der Waals surface area contributed by atoms with Crippen molar-refractivity contribution in [3.8, 4) is 11.3 Å². The molecule has 0 atom stereocenters. The highest BCUT2D eigenvalue weighted by molar-refractivity contribution is 5.81. The van der Waals surface area contributed by atoms with E-state index in [0.717, 1.165) is 41.0 Å². The Labute approximate surface area is 214 Å². The molecule has 0 saturated heterocycles. The van der Waals surface area contributed by atoms with E-state index in [9.17, 15) is 9.90 Å². The van der Waals surface area contributed by atoms with Gasteiger partial charge in [-0.1, -0.05) is 18.2 Å². The summed E-state index contributed by atoms with van der Waals surface area (Å²) in [5, 5.41) is 13.3. The van der Waals surface area contributed by atoms with Gasteiger partial charge in [-0.05, 0) is 49.2 Å². The van der Waals surface area contributed by atoms with E-state index in [-0.39, 0.29) is 18.4 Å². The third-order valence-corrected chi connectivity index (χ3v) is 6.78. The first-order chi connectivity index (χ1) is 18.2. The summed E-state index contributed by atoms with van der Waals surface area (Å²) in [5.41, 5.74) is 4.54. The molecule has 1 amide bonds. The summed E-state index contributed by atoms with van der Waals surface area (Å²) in [5.74, 6) is 2.27. The van der Waals surface area contributed by atoms with Gasteiger partial charge in [-0.2, -0.15) is 4.98 Å². The highest BCUT2D eigenvalue weighted by Crippen LogP contribution is 2.36. The lowest BCUT2D eigenvalue weighted by atomic mass is 10.0. The molecule has 2 N–H and O–H groups in total. The SMILES string of the molecule is O=C(C1CC1)N1CCc2nc(Nc3ccc(-c4cnco4)cc3)nc(N(CCO)c3ccccc3)c2C1. The van der Waals surface area contributed by atoms with Crippen molar-refractivity contribution in [3.63, 3.8) is 0 Å². The summed E-state index contributed by atoms with van der Waals surface area (Å²) in [4.78, 5) is 30.6.